The van der Waals surface area contributed by atoms with Crippen molar-refractivity contribution in [3.63, 3.8) is 0 Å². The second kappa shape index (κ2) is 8.38. The van der Waals surface area contributed by atoms with Gasteiger partial charge in [-0.15, -0.1) is 0 Å². The van der Waals surface area contributed by atoms with Gasteiger partial charge in [-0.2, -0.15) is 0 Å². The molecule has 0 fully saturated rings. The summed E-state index contributed by atoms with van der Waals surface area (Å²) in [6, 6.07) is 29.1. The van der Waals surface area contributed by atoms with Gasteiger partial charge in [0.05, 0.1) is 11.1 Å². The van der Waals surface area contributed by atoms with E-state index in [1.165, 1.54) is 12.1 Å². The van der Waals surface area contributed by atoms with E-state index in [-0.39, 0.29) is 11.6 Å². The monoisotopic (exact) mass is 414 g/mol. The maximum Gasteiger partial charge on any atom is 0.138 e. The number of fused-ring (bicyclic) bond motifs is 2. The maximum atomic E-state index is 13.8. The van der Waals surface area contributed by atoms with E-state index in [1.807, 2.05) is 36.4 Å². The quantitative estimate of drug-likeness (QED) is 0.188. The maximum absolute atomic E-state index is 13.8. The molecule has 150 valence electrons. The smallest absolute Gasteiger partial charge is 0.138 e. The van der Waals surface area contributed by atoms with Gasteiger partial charge in [-0.3, -0.25) is 0 Å². The Morgan fingerprint density at radius 2 is 0.844 bits per heavy atom. The Labute approximate surface area is 185 Å². The van der Waals surface area contributed by atoms with Crippen LogP contribution in [0.1, 0.15) is 22.3 Å². The summed E-state index contributed by atoms with van der Waals surface area (Å²) in [5.41, 5.74) is 2.42. The summed E-state index contributed by atoms with van der Waals surface area (Å²) in [6.07, 6.45) is 0. The van der Waals surface area contributed by atoms with Crippen molar-refractivity contribution in [3.8, 4) is 23.7 Å². The summed E-state index contributed by atoms with van der Waals surface area (Å²) in [6.45, 7) is 0. The van der Waals surface area contributed by atoms with E-state index in [4.69, 9.17) is 0 Å². The number of halogens is 2. The molecule has 0 aliphatic carbocycles. The highest BCUT2D eigenvalue weighted by atomic mass is 19.1. The predicted molar refractivity (Wildman–Crippen MR) is 126 cm³/mol. The molecule has 0 bridgehead atoms. The van der Waals surface area contributed by atoms with Crippen molar-refractivity contribution in [1.29, 1.82) is 0 Å². The number of hydrogen-bond donors (Lipinski definition) is 0. The molecule has 5 rings (SSSR count). The van der Waals surface area contributed by atoms with Crippen molar-refractivity contribution in [2.24, 2.45) is 0 Å². The zero-order valence-corrected chi connectivity index (χ0v) is 17.0. The van der Waals surface area contributed by atoms with E-state index < -0.39 is 0 Å². The first kappa shape index (κ1) is 19.6. The lowest BCUT2D eigenvalue weighted by Crippen LogP contribution is -1.84. The van der Waals surface area contributed by atoms with Gasteiger partial charge in [-0.25, -0.2) is 8.78 Å². The Hall–Kier alpha value is -4.40. The van der Waals surface area contributed by atoms with Crippen LogP contribution in [0.25, 0.3) is 21.5 Å². The van der Waals surface area contributed by atoms with Crippen molar-refractivity contribution in [3.05, 3.63) is 131 Å². The summed E-state index contributed by atoms with van der Waals surface area (Å²) in [5.74, 6) is 11.3. The van der Waals surface area contributed by atoms with E-state index in [0.717, 1.165) is 32.7 Å². The van der Waals surface area contributed by atoms with Crippen LogP contribution in [0.3, 0.4) is 0 Å². The normalized spacial score (nSPS) is 10.3. The fraction of sp³-hybridized carbons (Fsp3) is 0. The molecular formula is C30H16F2. The molecule has 0 nitrogen and oxygen atoms in total. The van der Waals surface area contributed by atoms with Crippen molar-refractivity contribution >= 4 is 21.5 Å². The van der Waals surface area contributed by atoms with Gasteiger partial charge in [0, 0.05) is 11.1 Å². The molecule has 32 heavy (non-hydrogen) atoms. The van der Waals surface area contributed by atoms with Crippen molar-refractivity contribution < 1.29 is 8.78 Å². The molecule has 0 spiro atoms. The van der Waals surface area contributed by atoms with Gasteiger partial charge < -0.3 is 0 Å². The van der Waals surface area contributed by atoms with Crippen molar-refractivity contribution in [1.82, 2.24) is 0 Å². The molecule has 0 heterocycles. The van der Waals surface area contributed by atoms with Crippen LogP contribution in [0.2, 0.25) is 0 Å². The summed E-state index contributed by atoms with van der Waals surface area (Å²) in [7, 11) is 0. The molecule has 0 aliphatic heterocycles. The first-order valence-corrected chi connectivity index (χ1v) is 10.2. The molecule has 0 aliphatic rings. The van der Waals surface area contributed by atoms with Crippen LogP contribution < -0.4 is 0 Å². The van der Waals surface area contributed by atoms with Crippen LogP contribution in [0.15, 0.2) is 97.1 Å². The highest BCUT2D eigenvalue weighted by Gasteiger charge is 2.02. The van der Waals surface area contributed by atoms with Crippen LogP contribution in [0.5, 0.6) is 0 Å². The largest absolute Gasteiger partial charge is 0.206 e. The van der Waals surface area contributed by atoms with Crippen molar-refractivity contribution in [2.45, 2.75) is 0 Å². The Morgan fingerprint density at radius 3 is 1.28 bits per heavy atom. The van der Waals surface area contributed by atoms with Gasteiger partial charge in [0.2, 0.25) is 0 Å². The van der Waals surface area contributed by atoms with Crippen LogP contribution in [-0.2, 0) is 0 Å². The van der Waals surface area contributed by atoms with Crippen LogP contribution in [0, 0.1) is 35.3 Å². The molecule has 0 N–H and O–H groups in total. The molecular weight excluding hydrogens is 398 g/mol. The number of hydrogen-bond acceptors (Lipinski definition) is 0. The Morgan fingerprint density at radius 1 is 0.406 bits per heavy atom. The molecule has 0 unspecified atom stereocenters. The summed E-state index contributed by atoms with van der Waals surface area (Å²) < 4.78 is 27.6. The second-order valence-corrected chi connectivity index (χ2v) is 7.44. The minimum atomic E-state index is -0.319. The average Bonchev–Trinajstić information content (AvgIpc) is 2.81. The SMILES string of the molecule is Fc1ccccc1C#Cc1ccc2cc3cc(C#Cc4ccccc4F)ccc3cc2c1. The number of benzene rings is 5. The van der Waals surface area contributed by atoms with E-state index in [2.05, 4.69) is 35.8 Å². The number of rotatable bonds is 0. The first-order chi connectivity index (χ1) is 15.7. The highest BCUT2D eigenvalue weighted by Crippen LogP contribution is 2.25. The van der Waals surface area contributed by atoms with Crippen molar-refractivity contribution in [2.75, 3.05) is 0 Å². The third kappa shape index (κ3) is 4.08. The minimum absolute atomic E-state index is 0.319. The Bertz CT molecular complexity index is 1480. The fourth-order valence-corrected chi connectivity index (χ4v) is 3.56. The van der Waals surface area contributed by atoms with Gasteiger partial charge in [0.15, 0.2) is 0 Å². The second-order valence-electron chi connectivity index (χ2n) is 7.44. The van der Waals surface area contributed by atoms with Gasteiger partial charge in [0.25, 0.3) is 0 Å². The third-order valence-corrected chi connectivity index (χ3v) is 5.23. The van der Waals surface area contributed by atoms with Gasteiger partial charge in [0.1, 0.15) is 11.6 Å². The standard InChI is InChI=1S/C30H16F2/c31-29-7-3-1-5-23(29)13-9-21-11-15-25-20-28-18-22(12-16-26(28)19-27(25)17-21)10-14-24-6-2-4-8-30(24)32/h1-8,11-12,15-20H. The van der Waals surface area contributed by atoms with Crippen LogP contribution >= 0.6 is 0 Å². The Kier molecular flexibility index (Phi) is 5.12. The van der Waals surface area contributed by atoms with E-state index in [1.54, 1.807) is 36.4 Å². The first-order valence-electron chi connectivity index (χ1n) is 10.2. The third-order valence-electron chi connectivity index (χ3n) is 5.23. The van der Waals surface area contributed by atoms with Crippen LogP contribution in [-0.4, -0.2) is 0 Å². The van der Waals surface area contributed by atoms with E-state index >= 15 is 0 Å². The minimum Gasteiger partial charge on any atom is -0.206 e. The van der Waals surface area contributed by atoms with Crippen LogP contribution in [0.4, 0.5) is 8.78 Å². The van der Waals surface area contributed by atoms with Gasteiger partial charge >= 0.3 is 0 Å². The summed E-state index contributed by atoms with van der Waals surface area (Å²) in [4.78, 5) is 0. The van der Waals surface area contributed by atoms with Gasteiger partial charge in [-0.05, 0) is 82.2 Å². The molecule has 5 aromatic carbocycles. The molecule has 0 aromatic heterocycles. The van der Waals surface area contributed by atoms with E-state index in [0.29, 0.717) is 11.1 Å². The highest BCUT2D eigenvalue weighted by molar-refractivity contribution is 5.99. The lowest BCUT2D eigenvalue weighted by Gasteiger charge is -2.04. The molecule has 0 amide bonds. The Balaban J connectivity index is 1.49. The van der Waals surface area contributed by atoms with E-state index in [9.17, 15) is 8.78 Å². The summed E-state index contributed by atoms with van der Waals surface area (Å²) in [5, 5.41) is 4.27. The molecule has 0 atom stereocenters. The molecule has 2 heteroatoms. The predicted octanol–water partition coefficient (Wildman–Crippen LogP) is 7.07. The molecule has 0 saturated heterocycles. The molecule has 5 aromatic rings. The average molecular weight is 414 g/mol. The zero-order valence-electron chi connectivity index (χ0n) is 17.0. The van der Waals surface area contributed by atoms with Gasteiger partial charge in [-0.1, -0.05) is 60.1 Å². The summed E-state index contributed by atoms with van der Waals surface area (Å²) >= 11 is 0. The topological polar surface area (TPSA) is 0 Å². The lowest BCUT2D eigenvalue weighted by molar-refractivity contribution is 0.624. The fourth-order valence-electron chi connectivity index (χ4n) is 3.56. The zero-order chi connectivity index (χ0) is 21.9. The molecule has 0 radical (unpaired) electrons. The molecule has 0 saturated carbocycles. The lowest BCUT2D eigenvalue weighted by atomic mass is 10.00.